The Hall–Kier alpha value is -2.71. The maximum atomic E-state index is 7.70. The first-order valence-corrected chi connectivity index (χ1v) is 11.2. The number of nitrogen functional groups attached to an aromatic ring is 1. The van der Waals surface area contributed by atoms with Crippen molar-refractivity contribution in [1.82, 2.24) is 9.97 Å². The van der Waals surface area contributed by atoms with Crippen LogP contribution < -0.4 is 15.8 Å². The molecule has 0 spiro atoms. The van der Waals surface area contributed by atoms with Crippen molar-refractivity contribution >= 4 is 45.0 Å². The molecule has 0 bridgehead atoms. The Kier molecular flexibility index (Phi) is 5.26. The summed E-state index contributed by atoms with van der Waals surface area (Å²) in [5.41, 5.74) is 9.47. The molecule has 1 aliphatic carbocycles. The van der Waals surface area contributed by atoms with E-state index >= 15 is 0 Å². The average Bonchev–Trinajstić information content (AvgIpc) is 3.16. The predicted octanol–water partition coefficient (Wildman–Crippen LogP) is 4.45. The monoisotopic (exact) mass is 423 g/mol. The van der Waals surface area contributed by atoms with Crippen molar-refractivity contribution in [3.8, 4) is 5.75 Å². The summed E-state index contributed by atoms with van der Waals surface area (Å²) >= 11 is 1.77. The molecule has 0 saturated carbocycles. The minimum absolute atomic E-state index is 0.0869. The highest BCUT2D eigenvalue weighted by molar-refractivity contribution is 7.19. The van der Waals surface area contributed by atoms with Crippen LogP contribution in [0.1, 0.15) is 41.7 Å². The molecule has 3 aromatic rings. The molecule has 156 valence electrons. The van der Waals surface area contributed by atoms with E-state index in [1.54, 1.807) is 23.7 Å². The molecular weight excluding hydrogens is 398 g/mol. The number of aromatic nitrogens is 2. The standard InChI is InChI=1S/C22H25N5O2S/c23-11-13-9-17(18(10-16(13)24)29-14-5-7-28-8-6-14)27-21-20-15-3-1-2-4-19(15)30-22(20)26-12-25-21/h9-12,14,23H,1-8,24H2,(H,25,26,27). The number of ether oxygens (including phenoxy) is 2. The van der Waals surface area contributed by atoms with Gasteiger partial charge in [-0.3, -0.25) is 0 Å². The summed E-state index contributed by atoms with van der Waals surface area (Å²) in [7, 11) is 0. The minimum Gasteiger partial charge on any atom is -0.488 e. The van der Waals surface area contributed by atoms with Gasteiger partial charge in [0.2, 0.25) is 0 Å². The van der Waals surface area contributed by atoms with Gasteiger partial charge in [-0.2, -0.15) is 0 Å². The number of rotatable bonds is 5. The van der Waals surface area contributed by atoms with Crippen LogP contribution in [-0.2, 0) is 17.6 Å². The third-order valence-corrected chi connectivity index (χ3v) is 7.01. The van der Waals surface area contributed by atoms with Crippen LogP contribution in [0.25, 0.3) is 10.2 Å². The fraction of sp³-hybridized carbons (Fsp3) is 0.409. The van der Waals surface area contributed by atoms with Crippen LogP contribution in [0.5, 0.6) is 5.75 Å². The molecule has 1 fully saturated rings. The molecule has 30 heavy (non-hydrogen) atoms. The van der Waals surface area contributed by atoms with Gasteiger partial charge in [0.25, 0.3) is 0 Å². The molecule has 5 rings (SSSR count). The topological polar surface area (TPSA) is 106 Å². The quantitative estimate of drug-likeness (QED) is 0.413. The Morgan fingerprint density at radius 1 is 1.20 bits per heavy atom. The Balaban J connectivity index is 1.55. The van der Waals surface area contributed by atoms with E-state index in [2.05, 4.69) is 15.3 Å². The average molecular weight is 424 g/mol. The van der Waals surface area contributed by atoms with E-state index in [0.717, 1.165) is 47.4 Å². The molecule has 0 amide bonds. The lowest BCUT2D eigenvalue weighted by molar-refractivity contribution is 0.0259. The Morgan fingerprint density at radius 2 is 2.03 bits per heavy atom. The van der Waals surface area contributed by atoms with Gasteiger partial charge in [0.1, 0.15) is 28.8 Å². The summed E-state index contributed by atoms with van der Waals surface area (Å²) in [6.07, 6.45) is 9.28. The third kappa shape index (κ3) is 3.61. The molecule has 0 radical (unpaired) electrons. The number of nitrogens with one attached hydrogen (secondary N) is 2. The van der Waals surface area contributed by atoms with E-state index in [-0.39, 0.29) is 6.10 Å². The number of fused-ring (bicyclic) bond motifs is 3. The normalized spacial score (nSPS) is 16.9. The number of thiophene rings is 1. The molecule has 7 nitrogen and oxygen atoms in total. The Morgan fingerprint density at radius 3 is 2.87 bits per heavy atom. The van der Waals surface area contributed by atoms with E-state index in [0.29, 0.717) is 30.2 Å². The number of benzene rings is 1. The molecule has 2 aromatic heterocycles. The highest BCUT2D eigenvalue weighted by Crippen LogP contribution is 2.40. The van der Waals surface area contributed by atoms with Gasteiger partial charge in [-0.1, -0.05) is 0 Å². The van der Waals surface area contributed by atoms with Gasteiger partial charge >= 0.3 is 0 Å². The summed E-state index contributed by atoms with van der Waals surface area (Å²) in [4.78, 5) is 11.5. The zero-order valence-electron chi connectivity index (χ0n) is 16.7. The molecular formula is C22H25N5O2S. The van der Waals surface area contributed by atoms with Gasteiger partial charge in [0, 0.05) is 41.3 Å². The third-order valence-electron chi connectivity index (χ3n) is 5.81. The highest BCUT2D eigenvalue weighted by atomic mass is 32.1. The summed E-state index contributed by atoms with van der Waals surface area (Å²) < 4.78 is 11.8. The van der Waals surface area contributed by atoms with Crippen molar-refractivity contribution in [2.24, 2.45) is 0 Å². The maximum Gasteiger partial charge on any atom is 0.145 e. The number of nitrogens with two attached hydrogens (primary N) is 1. The van der Waals surface area contributed by atoms with E-state index in [1.807, 2.05) is 6.07 Å². The van der Waals surface area contributed by atoms with Crippen LogP contribution >= 0.6 is 11.3 Å². The van der Waals surface area contributed by atoms with Gasteiger partial charge in [-0.25, -0.2) is 9.97 Å². The number of hydrogen-bond donors (Lipinski definition) is 3. The van der Waals surface area contributed by atoms with Crippen molar-refractivity contribution in [1.29, 1.82) is 5.41 Å². The molecule has 3 heterocycles. The summed E-state index contributed by atoms with van der Waals surface area (Å²) in [5, 5.41) is 12.3. The highest BCUT2D eigenvalue weighted by Gasteiger charge is 2.22. The number of hydrogen-bond acceptors (Lipinski definition) is 8. The van der Waals surface area contributed by atoms with Crippen LogP contribution in [0.15, 0.2) is 18.5 Å². The Bertz CT molecular complexity index is 1090. The first kappa shape index (κ1) is 19.3. The first-order chi connectivity index (χ1) is 14.7. The van der Waals surface area contributed by atoms with Crippen molar-refractivity contribution in [3.63, 3.8) is 0 Å². The van der Waals surface area contributed by atoms with Crippen molar-refractivity contribution in [3.05, 3.63) is 34.5 Å². The minimum atomic E-state index is 0.0869. The van der Waals surface area contributed by atoms with Gasteiger partial charge in [-0.15, -0.1) is 11.3 Å². The predicted molar refractivity (Wildman–Crippen MR) is 121 cm³/mol. The molecule has 0 atom stereocenters. The lowest BCUT2D eigenvalue weighted by atomic mass is 9.97. The largest absolute Gasteiger partial charge is 0.488 e. The van der Waals surface area contributed by atoms with Crippen molar-refractivity contribution < 1.29 is 9.47 Å². The van der Waals surface area contributed by atoms with Gasteiger partial charge < -0.3 is 25.9 Å². The van der Waals surface area contributed by atoms with Crippen LogP contribution in [-0.4, -0.2) is 35.5 Å². The lowest BCUT2D eigenvalue weighted by Crippen LogP contribution is -2.26. The van der Waals surface area contributed by atoms with Crippen molar-refractivity contribution in [2.45, 2.75) is 44.6 Å². The van der Waals surface area contributed by atoms with E-state index < -0.39 is 0 Å². The zero-order chi connectivity index (χ0) is 20.5. The van der Waals surface area contributed by atoms with Crippen LogP contribution in [0.4, 0.5) is 17.2 Å². The van der Waals surface area contributed by atoms with Gasteiger partial charge in [0.05, 0.1) is 24.3 Å². The second kappa shape index (κ2) is 8.20. The molecule has 2 aliphatic rings. The van der Waals surface area contributed by atoms with Crippen molar-refractivity contribution in [2.75, 3.05) is 24.3 Å². The number of nitrogens with zero attached hydrogens (tertiary/aromatic N) is 2. The SMILES string of the molecule is N=Cc1cc(Nc2ncnc3sc4c(c23)CCCC4)c(OC2CCOCC2)cc1N. The Labute approximate surface area is 179 Å². The molecule has 1 aliphatic heterocycles. The van der Waals surface area contributed by atoms with E-state index in [1.165, 1.54) is 29.5 Å². The van der Waals surface area contributed by atoms with E-state index in [4.69, 9.17) is 20.6 Å². The van der Waals surface area contributed by atoms with E-state index in [9.17, 15) is 0 Å². The number of aryl methyl sites for hydroxylation is 2. The molecule has 1 saturated heterocycles. The fourth-order valence-electron chi connectivity index (χ4n) is 4.22. The maximum absolute atomic E-state index is 7.70. The van der Waals surface area contributed by atoms with Crippen LogP contribution in [0.2, 0.25) is 0 Å². The van der Waals surface area contributed by atoms with Crippen LogP contribution in [0.3, 0.4) is 0 Å². The lowest BCUT2D eigenvalue weighted by Gasteiger charge is -2.25. The second-order valence-corrected chi connectivity index (χ2v) is 8.87. The second-order valence-electron chi connectivity index (χ2n) is 7.79. The molecule has 1 aromatic carbocycles. The van der Waals surface area contributed by atoms with Gasteiger partial charge in [-0.05, 0) is 37.3 Å². The molecule has 0 unspecified atom stereocenters. The number of anilines is 3. The fourth-order valence-corrected chi connectivity index (χ4v) is 5.45. The molecule has 8 heteroatoms. The zero-order valence-corrected chi connectivity index (χ0v) is 17.6. The summed E-state index contributed by atoms with van der Waals surface area (Å²) in [5.74, 6) is 1.47. The smallest absolute Gasteiger partial charge is 0.145 e. The first-order valence-electron chi connectivity index (χ1n) is 10.4. The summed E-state index contributed by atoms with van der Waals surface area (Å²) in [6, 6.07) is 3.67. The molecule has 4 N–H and O–H groups in total. The summed E-state index contributed by atoms with van der Waals surface area (Å²) in [6.45, 7) is 1.41. The van der Waals surface area contributed by atoms with Gasteiger partial charge in [0.15, 0.2) is 0 Å². The van der Waals surface area contributed by atoms with Crippen LogP contribution in [0, 0.1) is 5.41 Å².